The highest BCUT2D eigenvalue weighted by Crippen LogP contribution is 2.51. The van der Waals surface area contributed by atoms with E-state index in [0.717, 1.165) is 0 Å². The lowest BCUT2D eigenvalue weighted by molar-refractivity contribution is 0.631. The third-order valence-corrected chi connectivity index (χ3v) is 14.4. The van der Waals surface area contributed by atoms with Crippen LogP contribution in [0, 0.1) is 0 Å². The van der Waals surface area contributed by atoms with Crippen molar-refractivity contribution in [2.24, 2.45) is 0 Å². The smallest absolute Gasteiger partial charge is 0.248 e. The molecule has 10 aromatic carbocycles. The van der Waals surface area contributed by atoms with Crippen LogP contribution < -0.4 is 16.4 Å². The van der Waals surface area contributed by atoms with Crippen molar-refractivity contribution in [2.75, 3.05) is 0 Å². The van der Waals surface area contributed by atoms with Gasteiger partial charge in [-0.3, -0.25) is 0 Å². The minimum atomic E-state index is -0.325. The monoisotopic (exact) mass is 825 g/mol. The Morgan fingerprint density at radius 3 is 1.14 bits per heavy atom. The molecule has 65 heavy (non-hydrogen) atoms. The Kier molecular flexibility index (Phi) is 8.42. The Labute approximate surface area is 381 Å². The molecule has 3 heterocycles. The lowest BCUT2D eigenvalue weighted by atomic mass is 9.33. The molecule has 0 spiro atoms. The minimum Gasteiger partial charge on any atom is -0.310 e. The van der Waals surface area contributed by atoms with E-state index in [-0.39, 0.29) is 12.1 Å². The maximum Gasteiger partial charge on any atom is 0.248 e. The Morgan fingerprint density at radius 2 is 0.677 bits per heavy atom. The molecule has 13 rings (SSSR count). The van der Waals surface area contributed by atoms with Crippen molar-refractivity contribution in [3.63, 3.8) is 0 Å². The van der Waals surface area contributed by atoms with E-state index >= 15 is 0 Å². The van der Waals surface area contributed by atoms with E-state index < -0.39 is 0 Å². The summed E-state index contributed by atoms with van der Waals surface area (Å²) >= 11 is 0. The molecule has 0 radical (unpaired) electrons. The number of aromatic nitrogens is 1. The van der Waals surface area contributed by atoms with Crippen LogP contribution in [-0.2, 0) is 5.41 Å². The summed E-state index contributed by atoms with van der Waals surface area (Å²) in [6, 6.07) is 86.1. The number of rotatable bonds is 7. The molecule has 0 saturated heterocycles. The van der Waals surface area contributed by atoms with Crippen LogP contribution >= 0.6 is 0 Å². The Balaban J connectivity index is 1.25. The summed E-state index contributed by atoms with van der Waals surface area (Å²) in [4.78, 5) is 0. The fraction of sp³-hybridized carbons (Fsp3) is 0.0476. The maximum atomic E-state index is 2.68. The van der Waals surface area contributed by atoms with Crippen LogP contribution in [0.1, 0.15) is 25.0 Å². The molecule has 11 aromatic rings. The summed E-state index contributed by atoms with van der Waals surface area (Å²) in [5.74, 6) is 0. The predicted molar refractivity (Wildman–Crippen MR) is 277 cm³/mol. The standard InChI is InChI=1S/C63H44BN/c1-63(2)55-37-48(42-23-11-4-12-24-42)35-53-54-36-49(43-25-13-5-14-26-43)39-57-61(54)65(60(53)55)62-56(63)38-50(44-27-15-6-16-28-44)40-58(62)64(57)59-51(45-29-17-7-18-30-45)33-47(41-21-9-3-10-22-41)34-52(59)46-31-19-8-20-32-46/h3-40H,1-2H3. The van der Waals surface area contributed by atoms with Crippen molar-refractivity contribution in [3.8, 4) is 72.4 Å². The van der Waals surface area contributed by atoms with Crippen LogP contribution in [-0.4, -0.2) is 11.3 Å². The summed E-state index contributed by atoms with van der Waals surface area (Å²) < 4.78 is 2.68. The van der Waals surface area contributed by atoms with Crippen molar-refractivity contribution in [3.05, 3.63) is 242 Å². The lowest BCUT2D eigenvalue weighted by Crippen LogP contribution is -2.58. The molecule has 0 bridgehead atoms. The van der Waals surface area contributed by atoms with Gasteiger partial charge in [-0.05, 0) is 125 Å². The fourth-order valence-electron chi connectivity index (χ4n) is 11.3. The van der Waals surface area contributed by atoms with Gasteiger partial charge in [0, 0.05) is 27.4 Å². The molecule has 0 N–H and O–H groups in total. The van der Waals surface area contributed by atoms with Crippen molar-refractivity contribution in [1.82, 2.24) is 4.57 Å². The molecule has 1 nitrogen and oxygen atoms in total. The molecule has 0 saturated carbocycles. The zero-order chi connectivity index (χ0) is 43.2. The normalized spacial score (nSPS) is 13.2. The van der Waals surface area contributed by atoms with Crippen molar-refractivity contribution in [2.45, 2.75) is 19.3 Å². The summed E-state index contributed by atoms with van der Waals surface area (Å²) in [6.45, 7) is 4.79. The number of hydrogen-bond acceptors (Lipinski definition) is 0. The van der Waals surface area contributed by atoms with E-state index in [1.165, 1.54) is 122 Å². The van der Waals surface area contributed by atoms with Gasteiger partial charge in [-0.15, -0.1) is 0 Å². The lowest BCUT2D eigenvalue weighted by Gasteiger charge is -2.40. The first kappa shape index (κ1) is 37.6. The van der Waals surface area contributed by atoms with Gasteiger partial charge in [-0.2, -0.15) is 0 Å². The number of hydrogen-bond donors (Lipinski definition) is 0. The van der Waals surface area contributed by atoms with Gasteiger partial charge in [0.1, 0.15) is 0 Å². The maximum absolute atomic E-state index is 2.68. The second-order valence-electron chi connectivity index (χ2n) is 18.4. The minimum absolute atomic E-state index is 0.128. The van der Waals surface area contributed by atoms with Gasteiger partial charge in [0.15, 0.2) is 0 Å². The molecule has 0 unspecified atom stereocenters. The van der Waals surface area contributed by atoms with Crippen LogP contribution in [0.25, 0.3) is 94.3 Å². The average Bonchev–Trinajstić information content (AvgIpc) is 3.71. The summed E-state index contributed by atoms with van der Waals surface area (Å²) in [5, 5.41) is 2.60. The SMILES string of the molecule is CC1(C)c2cc(-c3ccccc3)cc3c2-n2c4c(cc(-c5ccccc5)cc4c4cc(-c5ccccc5)cc1c42)B3c1c(-c2ccccc2)cc(-c2ccccc2)cc1-c1ccccc1. The first-order chi connectivity index (χ1) is 32.0. The van der Waals surface area contributed by atoms with Crippen molar-refractivity contribution < 1.29 is 0 Å². The van der Waals surface area contributed by atoms with Crippen molar-refractivity contribution in [1.29, 1.82) is 0 Å². The van der Waals surface area contributed by atoms with Gasteiger partial charge in [-0.1, -0.05) is 213 Å². The van der Waals surface area contributed by atoms with Gasteiger partial charge in [0.25, 0.3) is 0 Å². The Bertz CT molecular complexity index is 3570. The summed E-state index contributed by atoms with van der Waals surface area (Å²) in [7, 11) is 0. The number of nitrogens with zero attached hydrogens (tertiary/aromatic N) is 1. The highest BCUT2D eigenvalue weighted by molar-refractivity contribution is 6.99. The van der Waals surface area contributed by atoms with E-state index in [2.05, 4.69) is 249 Å². The molecule has 1 aromatic heterocycles. The van der Waals surface area contributed by atoms with Gasteiger partial charge in [-0.25, -0.2) is 0 Å². The molecule has 0 atom stereocenters. The highest BCUT2D eigenvalue weighted by atomic mass is 15.0. The average molecular weight is 826 g/mol. The summed E-state index contributed by atoms with van der Waals surface area (Å²) in [5.41, 5.74) is 25.1. The summed E-state index contributed by atoms with van der Waals surface area (Å²) in [6.07, 6.45) is 0. The van der Waals surface area contributed by atoms with Gasteiger partial charge >= 0.3 is 0 Å². The Morgan fingerprint density at radius 1 is 0.323 bits per heavy atom. The molecule has 0 aliphatic carbocycles. The quantitative estimate of drug-likeness (QED) is 0.141. The first-order valence-electron chi connectivity index (χ1n) is 22.9. The van der Waals surface area contributed by atoms with Gasteiger partial charge in [0.05, 0.1) is 5.52 Å². The third-order valence-electron chi connectivity index (χ3n) is 14.4. The highest BCUT2D eigenvalue weighted by Gasteiger charge is 2.44. The van der Waals surface area contributed by atoms with E-state index in [1.54, 1.807) is 0 Å². The molecule has 2 heteroatoms. The molecular formula is C63H44BN. The number of fused-ring (bicyclic) bond motifs is 1. The van der Waals surface area contributed by atoms with E-state index in [9.17, 15) is 0 Å². The molecule has 304 valence electrons. The van der Waals surface area contributed by atoms with Gasteiger partial charge in [0.2, 0.25) is 6.71 Å². The zero-order valence-electron chi connectivity index (χ0n) is 36.5. The van der Waals surface area contributed by atoms with E-state index in [1.807, 2.05) is 0 Å². The van der Waals surface area contributed by atoms with Crippen molar-refractivity contribution >= 4 is 44.9 Å². The van der Waals surface area contributed by atoms with Crippen LogP contribution in [0.5, 0.6) is 0 Å². The first-order valence-corrected chi connectivity index (χ1v) is 22.9. The van der Waals surface area contributed by atoms with E-state index in [4.69, 9.17) is 0 Å². The van der Waals surface area contributed by atoms with E-state index in [0.29, 0.717) is 0 Å². The third kappa shape index (κ3) is 5.80. The second kappa shape index (κ2) is 14.6. The predicted octanol–water partition coefficient (Wildman–Crippen LogP) is 14.3. The van der Waals surface area contributed by atoms with Crippen LogP contribution in [0.4, 0.5) is 0 Å². The van der Waals surface area contributed by atoms with Gasteiger partial charge < -0.3 is 4.57 Å². The largest absolute Gasteiger partial charge is 0.310 e. The molecular weight excluding hydrogens is 782 g/mol. The van der Waals surface area contributed by atoms with Crippen LogP contribution in [0.3, 0.4) is 0 Å². The zero-order valence-corrected chi connectivity index (χ0v) is 36.5. The Hall–Kier alpha value is -7.94. The molecule has 2 aliphatic heterocycles. The molecule has 0 amide bonds. The topological polar surface area (TPSA) is 4.93 Å². The molecule has 0 fully saturated rings. The number of benzene rings is 10. The fourth-order valence-corrected chi connectivity index (χ4v) is 11.3. The van der Waals surface area contributed by atoms with Crippen LogP contribution in [0.15, 0.2) is 231 Å². The van der Waals surface area contributed by atoms with Crippen LogP contribution in [0.2, 0.25) is 0 Å². The second-order valence-corrected chi connectivity index (χ2v) is 18.4. The molecule has 2 aliphatic rings.